The van der Waals surface area contributed by atoms with Gasteiger partial charge in [-0.3, -0.25) is 14.7 Å². The maximum absolute atomic E-state index is 14.0. The Balaban J connectivity index is 1.72. The fourth-order valence-corrected chi connectivity index (χ4v) is 3.63. The Hall–Kier alpha value is -3.53. The molecule has 1 aromatic rings. The molecule has 0 saturated carbocycles. The van der Waals surface area contributed by atoms with Crippen LogP contribution in [-0.2, 0) is 26.2 Å². The Morgan fingerprint density at radius 3 is 2.32 bits per heavy atom. The third kappa shape index (κ3) is 6.25. The van der Waals surface area contributed by atoms with Gasteiger partial charge in [0.2, 0.25) is 11.8 Å². The van der Waals surface area contributed by atoms with Crippen molar-refractivity contribution in [2.24, 2.45) is 11.1 Å². The highest BCUT2D eigenvalue weighted by Crippen LogP contribution is 2.49. The van der Waals surface area contributed by atoms with Crippen molar-refractivity contribution in [2.75, 3.05) is 13.1 Å². The van der Waals surface area contributed by atoms with Crippen molar-refractivity contribution < 1.29 is 53.9 Å². The van der Waals surface area contributed by atoms with Gasteiger partial charge in [-0.2, -0.15) is 44.6 Å². The van der Waals surface area contributed by atoms with E-state index in [4.69, 9.17) is 0 Å². The standard InChI is InChI=1S/C20H18F9N5O3/c1-9-4-10(2-3-11(9)16(36)30-7-15(35)31-8-18(21,22)23)12-6-17(37-34-12,20(27,28)29)13-5-14(33-32-13)19(24,25)26/h2-3,5,9H,4,6-8H2,1H3,(H,30,36)(H,31,35)(H,32,33). The molecule has 1 aliphatic carbocycles. The predicted octanol–water partition coefficient (Wildman–Crippen LogP) is 3.65. The number of rotatable bonds is 6. The molecule has 0 radical (unpaired) electrons. The minimum absolute atomic E-state index is 0.0214. The number of carbonyl (C=O) groups excluding carboxylic acids is 2. The first-order valence-electron chi connectivity index (χ1n) is 10.4. The summed E-state index contributed by atoms with van der Waals surface area (Å²) in [5.41, 5.74) is -5.71. The number of oxime groups is 1. The van der Waals surface area contributed by atoms with E-state index in [9.17, 15) is 49.1 Å². The van der Waals surface area contributed by atoms with Crippen LogP contribution in [0.3, 0.4) is 0 Å². The fraction of sp³-hybridized carbons (Fsp3) is 0.500. The smallest absolute Gasteiger partial charge is 0.372 e. The molecule has 2 heterocycles. The van der Waals surface area contributed by atoms with Gasteiger partial charge in [-0.25, -0.2) is 0 Å². The van der Waals surface area contributed by atoms with Crippen LogP contribution in [0.15, 0.2) is 34.5 Å². The topological polar surface area (TPSA) is 108 Å². The van der Waals surface area contributed by atoms with Crippen LogP contribution in [0.5, 0.6) is 0 Å². The summed E-state index contributed by atoms with van der Waals surface area (Å²) in [6.45, 7) is -0.791. The summed E-state index contributed by atoms with van der Waals surface area (Å²) in [4.78, 5) is 28.4. The average molecular weight is 547 g/mol. The number of hydrogen-bond acceptors (Lipinski definition) is 5. The van der Waals surface area contributed by atoms with Crippen molar-refractivity contribution in [3.63, 3.8) is 0 Å². The summed E-state index contributed by atoms with van der Waals surface area (Å²) in [6, 6.07) is 0.192. The van der Waals surface area contributed by atoms with Crippen LogP contribution >= 0.6 is 0 Å². The Morgan fingerprint density at radius 2 is 1.78 bits per heavy atom. The summed E-state index contributed by atoms with van der Waals surface area (Å²) >= 11 is 0. The van der Waals surface area contributed by atoms with E-state index in [1.807, 2.05) is 0 Å². The highest BCUT2D eigenvalue weighted by atomic mass is 19.4. The molecule has 1 aromatic heterocycles. The van der Waals surface area contributed by atoms with Gasteiger partial charge in [0, 0.05) is 5.57 Å². The van der Waals surface area contributed by atoms with Crippen LogP contribution in [0.1, 0.15) is 31.2 Å². The second-order valence-electron chi connectivity index (χ2n) is 8.29. The number of nitrogens with one attached hydrogen (secondary N) is 3. The van der Waals surface area contributed by atoms with E-state index in [-0.39, 0.29) is 29.3 Å². The molecule has 3 rings (SSSR count). The molecule has 2 unspecified atom stereocenters. The van der Waals surface area contributed by atoms with Crippen LogP contribution in [0.25, 0.3) is 0 Å². The zero-order valence-electron chi connectivity index (χ0n) is 18.7. The molecule has 0 fully saturated rings. The first-order valence-corrected chi connectivity index (χ1v) is 10.4. The Labute approximate surface area is 202 Å². The lowest BCUT2D eigenvalue weighted by atomic mass is 9.82. The first-order chi connectivity index (χ1) is 16.9. The van der Waals surface area contributed by atoms with Gasteiger partial charge in [-0.05, 0) is 24.0 Å². The molecule has 0 aromatic carbocycles. The van der Waals surface area contributed by atoms with Crippen LogP contribution < -0.4 is 10.6 Å². The third-order valence-corrected chi connectivity index (χ3v) is 5.54. The summed E-state index contributed by atoms with van der Waals surface area (Å²) in [6.07, 6.45) is -13.3. The van der Waals surface area contributed by atoms with Gasteiger partial charge in [0.05, 0.1) is 24.4 Å². The van der Waals surface area contributed by atoms with Gasteiger partial charge >= 0.3 is 18.5 Å². The van der Waals surface area contributed by atoms with E-state index in [2.05, 4.69) is 20.4 Å². The van der Waals surface area contributed by atoms with Gasteiger partial charge in [0.15, 0.2) is 5.69 Å². The first kappa shape index (κ1) is 28.0. The van der Waals surface area contributed by atoms with E-state index in [1.165, 1.54) is 19.1 Å². The number of halogens is 9. The number of nitrogens with zero attached hydrogens (tertiary/aromatic N) is 2. The molecule has 37 heavy (non-hydrogen) atoms. The molecular formula is C20H18F9N5O3. The second kappa shape index (κ2) is 9.74. The molecule has 0 bridgehead atoms. The van der Waals surface area contributed by atoms with Crippen molar-refractivity contribution >= 4 is 17.5 Å². The number of allylic oxidation sites excluding steroid dienone is 3. The van der Waals surface area contributed by atoms with Crippen molar-refractivity contribution in [3.8, 4) is 0 Å². The molecule has 204 valence electrons. The third-order valence-electron chi connectivity index (χ3n) is 5.54. The van der Waals surface area contributed by atoms with E-state index < -0.39 is 72.8 Å². The molecule has 2 aliphatic rings. The van der Waals surface area contributed by atoms with Gasteiger partial charge in [-0.15, -0.1) is 0 Å². The molecule has 3 N–H and O–H groups in total. The maximum atomic E-state index is 14.0. The summed E-state index contributed by atoms with van der Waals surface area (Å²) in [5, 5.41) is 11.8. The minimum atomic E-state index is -5.18. The predicted molar refractivity (Wildman–Crippen MR) is 106 cm³/mol. The van der Waals surface area contributed by atoms with Gasteiger partial charge in [-0.1, -0.05) is 24.2 Å². The SMILES string of the molecule is CC1CC(C2=NOC(c3cc(C(F)(F)F)n[nH]3)(C(F)(F)F)C2)=CC=C1C(=O)NCC(=O)NCC(F)(F)F. The normalized spacial score (nSPS) is 22.5. The molecule has 2 amide bonds. The quantitative estimate of drug-likeness (QED) is 0.473. The van der Waals surface area contributed by atoms with Gasteiger partial charge < -0.3 is 15.5 Å². The molecular weight excluding hydrogens is 529 g/mol. The largest absolute Gasteiger partial charge is 0.437 e. The van der Waals surface area contributed by atoms with Crippen molar-refractivity contribution in [2.45, 2.75) is 43.9 Å². The average Bonchev–Trinajstić information content (AvgIpc) is 3.43. The second-order valence-corrected chi connectivity index (χ2v) is 8.29. The molecule has 17 heteroatoms. The maximum Gasteiger partial charge on any atom is 0.437 e. The number of H-pyrrole nitrogens is 1. The van der Waals surface area contributed by atoms with Crippen molar-refractivity contribution in [1.29, 1.82) is 0 Å². The fourth-order valence-electron chi connectivity index (χ4n) is 3.63. The zero-order chi connectivity index (χ0) is 27.8. The van der Waals surface area contributed by atoms with E-state index in [0.29, 0.717) is 0 Å². The van der Waals surface area contributed by atoms with Crippen LogP contribution in [0.4, 0.5) is 39.5 Å². The Morgan fingerprint density at radius 1 is 1.11 bits per heavy atom. The number of aromatic amines is 1. The monoisotopic (exact) mass is 547 g/mol. The molecule has 1 aliphatic heterocycles. The van der Waals surface area contributed by atoms with Gasteiger partial charge in [0.1, 0.15) is 6.54 Å². The highest BCUT2D eigenvalue weighted by molar-refractivity contribution is 6.03. The number of hydrogen-bond donors (Lipinski definition) is 3. The number of aromatic nitrogens is 2. The lowest BCUT2D eigenvalue weighted by Gasteiger charge is -2.28. The van der Waals surface area contributed by atoms with Gasteiger partial charge in [0.25, 0.3) is 5.60 Å². The van der Waals surface area contributed by atoms with Crippen molar-refractivity contribution in [1.82, 2.24) is 20.8 Å². The van der Waals surface area contributed by atoms with E-state index in [0.717, 1.165) is 0 Å². The highest BCUT2D eigenvalue weighted by Gasteiger charge is 2.64. The molecule has 8 nitrogen and oxygen atoms in total. The lowest BCUT2D eigenvalue weighted by Crippen LogP contribution is -2.43. The number of amides is 2. The van der Waals surface area contributed by atoms with Crippen LogP contribution in [0, 0.1) is 5.92 Å². The number of alkyl halides is 9. The molecule has 0 spiro atoms. The summed E-state index contributed by atoms with van der Waals surface area (Å²) in [5.74, 6) is -2.48. The van der Waals surface area contributed by atoms with E-state index >= 15 is 0 Å². The molecule has 0 saturated heterocycles. The van der Waals surface area contributed by atoms with E-state index in [1.54, 1.807) is 10.4 Å². The summed E-state index contributed by atoms with van der Waals surface area (Å²) < 4.78 is 117. The van der Waals surface area contributed by atoms with Crippen LogP contribution in [0.2, 0.25) is 0 Å². The van der Waals surface area contributed by atoms with Crippen molar-refractivity contribution in [3.05, 3.63) is 40.8 Å². The summed E-state index contributed by atoms with van der Waals surface area (Å²) in [7, 11) is 0. The Kier molecular flexibility index (Phi) is 7.38. The zero-order valence-corrected chi connectivity index (χ0v) is 18.7. The van der Waals surface area contributed by atoms with Crippen LogP contribution in [-0.4, -0.2) is 53.2 Å². The number of carbonyl (C=O) groups is 2. The minimum Gasteiger partial charge on any atom is -0.372 e. The molecule has 2 atom stereocenters. The lowest BCUT2D eigenvalue weighted by molar-refractivity contribution is -0.277. The Bertz CT molecular complexity index is 1150.